The number of esters is 1. The van der Waals surface area contributed by atoms with E-state index in [1.165, 1.54) is 0 Å². The van der Waals surface area contributed by atoms with Crippen LogP contribution >= 0.6 is 0 Å². The molecule has 1 aliphatic rings. The molecule has 1 atom stereocenters. The predicted molar refractivity (Wildman–Crippen MR) is 41.8 cm³/mol. The van der Waals surface area contributed by atoms with Crippen molar-refractivity contribution in [1.82, 2.24) is 0 Å². The number of carbonyl (C=O) groups excluding carboxylic acids is 1. The Morgan fingerprint density at radius 1 is 1.29 bits per heavy atom. The van der Waals surface area contributed by atoms with Gasteiger partial charge in [0.25, 0.3) is 0 Å². The molecule has 0 aromatic carbocycles. The van der Waals surface area contributed by atoms with Gasteiger partial charge in [0.15, 0.2) is 0 Å². The highest BCUT2D eigenvalue weighted by Gasteiger charge is 2.73. The van der Waals surface area contributed by atoms with Gasteiger partial charge in [-0.2, -0.15) is 0 Å². The van der Waals surface area contributed by atoms with Gasteiger partial charge in [-0.1, -0.05) is 0 Å². The van der Waals surface area contributed by atoms with Crippen molar-refractivity contribution in [3.63, 3.8) is 0 Å². The zero-order valence-electron chi connectivity index (χ0n) is 8.17. The lowest BCUT2D eigenvalue weighted by Gasteiger charge is -2.50. The van der Waals surface area contributed by atoms with Crippen LogP contribution in [0.5, 0.6) is 0 Å². The number of hydrogen-bond donors (Lipinski definition) is 0. The summed E-state index contributed by atoms with van der Waals surface area (Å²) in [4.78, 5) is 11.1. The molecule has 4 nitrogen and oxygen atoms in total. The van der Waals surface area contributed by atoms with Crippen molar-refractivity contribution in [3.05, 3.63) is 0 Å². The summed E-state index contributed by atoms with van der Waals surface area (Å²) in [6, 6.07) is 0. The molecule has 14 heavy (non-hydrogen) atoms. The molecule has 0 bridgehead atoms. The molecule has 0 heterocycles. The van der Waals surface area contributed by atoms with Crippen molar-refractivity contribution in [1.29, 1.82) is 0 Å². The van der Waals surface area contributed by atoms with E-state index < -0.39 is 30.0 Å². The predicted octanol–water partition coefficient (Wildman–Crippen LogP) is 0.804. The smallest absolute Gasteiger partial charge is 0.314 e. The fourth-order valence-corrected chi connectivity index (χ4v) is 1.70. The lowest BCUT2D eigenvalue weighted by molar-refractivity contribution is -0.397. The minimum Gasteiger partial charge on any atom is -0.469 e. The van der Waals surface area contributed by atoms with Gasteiger partial charge >= 0.3 is 11.9 Å². The van der Waals surface area contributed by atoms with Gasteiger partial charge in [0.05, 0.1) is 7.11 Å². The van der Waals surface area contributed by atoms with Crippen LogP contribution in [-0.2, 0) is 19.0 Å². The third-order valence-electron chi connectivity index (χ3n) is 2.52. The van der Waals surface area contributed by atoms with E-state index in [0.717, 1.165) is 21.3 Å². The minimum absolute atomic E-state index is 0.610. The summed E-state index contributed by atoms with van der Waals surface area (Å²) in [7, 11) is 3.29. The molecule has 1 unspecified atom stereocenters. The van der Waals surface area contributed by atoms with Gasteiger partial charge in [0.2, 0.25) is 5.79 Å². The zero-order chi connectivity index (χ0) is 11.0. The number of alkyl halides is 2. The molecule has 0 amide bonds. The van der Waals surface area contributed by atoms with Crippen molar-refractivity contribution in [2.45, 2.75) is 18.1 Å². The number of carbonyl (C=O) groups is 1. The van der Waals surface area contributed by atoms with E-state index in [-0.39, 0.29) is 0 Å². The summed E-state index contributed by atoms with van der Waals surface area (Å²) in [5.41, 5.74) is 0. The van der Waals surface area contributed by atoms with E-state index in [9.17, 15) is 13.6 Å². The lowest BCUT2D eigenvalue weighted by Crippen LogP contribution is -2.69. The standard InChI is InChI=1S/C8H12F2O4/c1-12-6(11)5-4-7(9,10)8(5,13-2)14-3/h5H,4H2,1-3H3. The van der Waals surface area contributed by atoms with Gasteiger partial charge < -0.3 is 14.2 Å². The summed E-state index contributed by atoms with van der Waals surface area (Å²) in [5.74, 6) is -7.15. The molecule has 6 heteroatoms. The van der Waals surface area contributed by atoms with E-state index >= 15 is 0 Å². The molecule has 82 valence electrons. The molecule has 0 aromatic rings. The molecule has 1 rings (SSSR count). The second-order valence-electron chi connectivity index (χ2n) is 3.06. The second-order valence-corrected chi connectivity index (χ2v) is 3.06. The SMILES string of the molecule is COC(=O)C1CC(F)(F)C1(OC)OC. The topological polar surface area (TPSA) is 44.8 Å². The number of methoxy groups -OCH3 is 3. The average Bonchev–Trinajstić information content (AvgIpc) is 2.15. The van der Waals surface area contributed by atoms with Crippen LogP contribution in [-0.4, -0.2) is 39.0 Å². The fraction of sp³-hybridized carbons (Fsp3) is 0.875. The maximum Gasteiger partial charge on any atom is 0.314 e. The Kier molecular flexibility index (Phi) is 2.78. The Hall–Kier alpha value is -0.750. The third-order valence-corrected chi connectivity index (χ3v) is 2.52. The van der Waals surface area contributed by atoms with Gasteiger partial charge in [-0.15, -0.1) is 0 Å². The first kappa shape index (κ1) is 11.3. The van der Waals surface area contributed by atoms with Crippen LogP contribution in [0.2, 0.25) is 0 Å². The highest BCUT2D eigenvalue weighted by atomic mass is 19.3. The number of hydrogen-bond acceptors (Lipinski definition) is 4. The van der Waals surface area contributed by atoms with Crippen LogP contribution in [0.4, 0.5) is 8.78 Å². The Morgan fingerprint density at radius 2 is 1.79 bits per heavy atom. The second kappa shape index (κ2) is 3.43. The first-order valence-corrected chi connectivity index (χ1v) is 4.01. The van der Waals surface area contributed by atoms with Crippen LogP contribution in [0.3, 0.4) is 0 Å². The number of halogens is 2. The maximum atomic E-state index is 13.1. The molecule has 0 aliphatic heterocycles. The Morgan fingerprint density at radius 3 is 2.07 bits per heavy atom. The van der Waals surface area contributed by atoms with E-state index in [1.807, 2.05) is 0 Å². The van der Waals surface area contributed by atoms with Crippen LogP contribution in [0.15, 0.2) is 0 Å². The van der Waals surface area contributed by atoms with E-state index in [0.29, 0.717) is 0 Å². The van der Waals surface area contributed by atoms with Crippen molar-refractivity contribution < 1.29 is 27.8 Å². The summed E-state index contributed by atoms with van der Waals surface area (Å²) < 4.78 is 39.9. The van der Waals surface area contributed by atoms with Crippen LogP contribution in [0.1, 0.15) is 6.42 Å². The molecular weight excluding hydrogens is 198 g/mol. The summed E-state index contributed by atoms with van der Waals surface area (Å²) in [5, 5.41) is 0. The van der Waals surface area contributed by atoms with Crippen LogP contribution in [0, 0.1) is 5.92 Å². The molecule has 1 fully saturated rings. The normalized spacial score (nSPS) is 27.9. The van der Waals surface area contributed by atoms with E-state index in [4.69, 9.17) is 0 Å². The monoisotopic (exact) mass is 210 g/mol. The van der Waals surface area contributed by atoms with Crippen molar-refractivity contribution in [2.24, 2.45) is 5.92 Å². The zero-order valence-corrected chi connectivity index (χ0v) is 8.17. The highest BCUT2D eigenvalue weighted by Crippen LogP contribution is 2.54. The maximum absolute atomic E-state index is 13.1. The lowest BCUT2D eigenvalue weighted by atomic mass is 9.74. The molecule has 0 spiro atoms. The fourth-order valence-electron chi connectivity index (χ4n) is 1.70. The molecule has 1 aliphatic carbocycles. The molecular formula is C8H12F2O4. The quantitative estimate of drug-likeness (QED) is 0.510. The van der Waals surface area contributed by atoms with Gasteiger partial charge in [-0.3, -0.25) is 4.79 Å². The highest BCUT2D eigenvalue weighted by molar-refractivity contribution is 5.75. The number of ether oxygens (including phenoxy) is 3. The first-order valence-electron chi connectivity index (χ1n) is 4.01. The van der Waals surface area contributed by atoms with Crippen LogP contribution < -0.4 is 0 Å². The summed E-state index contributed by atoms with van der Waals surface area (Å²) in [6.45, 7) is 0. The van der Waals surface area contributed by atoms with Gasteiger partial charge in [-0.05, 0) is 0 Å². The van der Waals surface area contributed by atoms with Gasteiger partial charge in [0.1, 0.15) is 5.92 Å². The van der Waals surface area contributed by atoms with Crippen molar-refractivity contribution >= 4 is 5.97 Å². The van der Waals surface area contributed by atoms with Crippen LogP contribution in [0.25, 0.3) is 0 Å². The van der Waals surface area contributed by atoms with Gasteiger partial charge in [0, 0.05) is 20.6 Å². The van der Waals surface area contributed by atoms with Crippen molar-refractivity contribution in [3.8, 4) is 0 Å². The molecule has 0 aromatic heterocycles. The summed E-state index contributed by atoms with van der Waals surface area (Å²) >= 11 is 0. The molecule has 0 N–H and O–H groups in total. The minimum atomic E-state index is -3.16. The van der Waals surface area contributed by atoms with E-state index in [2.05, 4.69) is 14.2 Å². The average molecular weight is 210 g/mol. The first-order chi connectivity index (χ1) is 6.45. The molecule has 0 saturated heterocycles. The largest absolute Gasteiger partial charge is 0.469 e. The van der Waals surface area contributed by atoms with Crippen molar-refractivity contribution in [2.75, 3.05) is 21.3 Å². The Bertz CT molecular complexity index is 237. The summed E-state index contributed by atoms with van der Waals surface area (Å²) in [6.07, 6.45) is -0.610. The molecule has 1 saturated carbocycles. The van der Waals surface area contributed by atoms with Gasteiger partial charge in [-0.25, -0.2) is 8.78 Å². The Labute approximate surface area is 80.1 Å². The molecule has 0 radical (unpaired) electrons. The Balaban J connectivity index is 2.89. The van der Waals surface area contributed by atoms with E-state index in [1.54, 1.807) is 0 Å². The third kappa shape index (κ3) is 1.21. The number of rotatable bonds is 3.